The summed E-state index contributed by atoms with van der Waals surface area (Å²) >= 11 is 4.54. The lowest BCUT2D eigenvalue weighted by Crippen LogP contribution is -2.24. The van der Waals surface area contributed by atoms with E-state index in [1.807, 2.05) is 0 Å². The van der Waals surface area contributed by atoms with Crippen LogP contribution in [0.25, 0.3) is 0 Å². The van der Waals surface area contributed by atoms with Gasteiger partial charge in [0.1, 0.15) is 10.7 Å². The van der Waals surface area contributed by atoms with E-state index in [9.17, 15) is 12.8 Å². The zero-order valence-corrected chi connectivity index (χ0v) is 11.9. The molecule has 0 amide bonds. The minimum Gasteiger partial charge on any atom is -0.375 e. The van der Waals surface area contributed by atoms with Crippen molar-refractivity contribution in [2.45, 2.75) is 4.90 Å². The molecular formula is C10H13FN4O2S2. The molecule has 0 atom stereocenters. The maximum absolute atomic E-state index is 13.6. The topological polar surface area (TPSA) is 87.8 Å². The normalized spacial score (nSPS) is 12.0. The van der Waals surface area contributed by atoms with Crippen LogP contribution < -0.4 is 11.2 Å². The summed E-state index contributed by atoms with van der Waals surface area (Å²) in [5, 5.41) is 3.64. The third kappa shape index (κ3) is 3.94. The minimum atomic E-state index is -3.85. The first-order chi connectivity index (χ1) is 8.75. The Morgan fingerprint density at radius 2 is 2.16 bits per heavy atom. The van der Waals surface area contributed by atoms with E-state index in [1.165, 1.54) is 32.4 Å². The third-order valence-corrected chi connectivity index (χ3v) is 4.02. The Morgan fingerprint density at radius 1 is 1.53 bits per heavy atom. The van der Waals surface area contributed by atoms with Gasteiger partial charge in [-0.15, -0.1) is 0 Å². The van der Waals surface area contributed by atoms with E-state index in [-0.39, 0.29) is 5.11 Å². The lowest BCUT2D eigenvalue weighted by Gasteiger charge is -2.12. The van der Waals surface area contributed by atoms with Gasteiger partial charge in [0, 0.05) is 14.1 Å². The van der Waals surface area contributed by atoms with Gasteiger partial charge in [-0.1, -0.05) is 6.07 Å². The maximum Gasteiger partial charge on any atom is 0.245 e. The molecule has 0 unspecified atom stereocenters. The van der Waals surface area contributed by atoms with E-state index in [1.54, 1.807) is 0 Å². The molecule has 1 rings (SSSR count). The van der Waals surface area contributed by atoms with E-state index in [0.29, 0.717) is 5.56 Å². The van der Waals surface area contributed by atoms with E-state index >= 15 is 0 Å². The molecule has 0 aliphatic rings. The molecule has 3 N–H and O–H groups in total. The summed E-state index contributed by atoms with van der Waals surface area (Å²) in [6.45, 7) is 0. The highest BCUT2D eigenvalue weighted by Crippen LogP contribution is 2.18. The Balaban J connectivity index is 3.15. The average molecular weight is 304 g/mol. The second-order valence-electron chi connectivity index (χ2n) is 3.71. The summed E-state index contributed by atoms with van der Waals surface area (Å²) in [6, 6.07) is 3.61. The van der Waals surface area contributed by atoms with Crippen molar-refractivity contribution in [2.75, 3.05) is 14.1 Å². The monoisotopic (exact) mass is 304 g/mol. The van der Waals surface area contributed by atoms with Crippen molar-refractivity contribution in [3.8, 4) is 0 Å². The number of hydrazone groups is 1. The molecule has 0 aliphatic heterocycles. The molecule has 9 heteroatoms. The number of hydrogen-bond acceptors (Lipinski definition) is 4. The van der Waals surface area contributed by atoms with Gasteiger partial charge in [0.25, 0.3) is 0 Å². The van der Waals surface area contributed by atoms with Gasteiger partial charge in [-0.3, -0.25) is 5.43 Å². The van der Waals surface area contributed by atoms with Crippen molar-refractivity contribution in [2.24, 2.45) is 10.8 Å². The number of nitrogens with zero attached hydrogens (tertiary/aromatic N) is 2. The summed E-state index contributed by atoms with van der Waals surface area (Å²) in [6.07, 6.45) is 1.28. The lowest BCUT2D eigenvalue weighted by atomic mass is 10.2. The number of sulfonamides is 1. The van der Waals surface area contributed by atoms with Crippen molar-refractivity contribution >= 4 is 33.6 Å². The van der Waals surface area contributed by atoms with Gasteiger partial charge < -0.3 is 5.73 Å². The highest BCUT2D eigenvalue weighted by atomic mass is 32.2. The number of hydrogen-bond donors (Lipinski definition) is 2. The van der Waals surface area contributed by atoms with E-state index in [2.05, 4.69) is 22.7 Å². The quantitative estimate of drug-likeness (QED) is 0.473. The molecule has 0 spiro atoms. The molecule has 0 aliphatic carbocycles. The van der Waals surface area contributed by atoms with E-state index in [4.69, 9.17) is 5.73 Å². The van der Waals surface area contributed by atoms with Crippen molar-refractivity contribution in [3.05, 3.63) is 29.6 Å². The largest absolute Gasteiger partial charge is 0.375 e. The summed E-state index contributed by atoms with van der Waals surface area (Å²) in [7, 11) is -1.20. The van der Waals surface area contributed by atoms with Crippen LogP contribution in [0.1, 0.15) is 5.56 Å². The Labute approximate surface area is 116 Å². The summed E-state index contributed by atoms with van der Waals surface area (Å²) in [5.74, 6) is -0.826. The number of thiocarbonyl (C=S) groups is 1. The molecule has 6 nitrogen and oxygen atoms in total. The summed E-state index contributed by atoms with van der Waals surface area (Å²) in [5.41, 5.74) is 7.87. The molecule has 19 heavy (non-hydrogen) atoms. The summed E-state index contributed by atoms with van der Waals surface area (Å²) in [4.78, 5) is -0.420. The van der Waals surface area contributed by atoms with E-state index < -0.39 is 20.7 Å². The van der Waals surface area contributed by atoms with Crippen LogP contribution in [-0.2, 0) is 10.0 Å². The van der Waals surface area contributed by atoms with Gasteiger partial charge >= 0.3 is 0 Å². The second kappa shape index (κ2) is 6.04. The number of nitrogens with two attached hydrogens (primary N) is 1. The SMILES string of the molecule is CN(C)S(=O)(=O)c1cc(C=NNC(N)=S)ccc1F. The van der Waals surface area contributed by atoms with Crippen LogP contribution in [-0.4, -0.2) is 38.1 Å². The number of rotatable bonds is 4. The smallest absolute Gasteiger partial charge is 0.245 e. The molecule has 0 bridgehead atoms. The van der Waals surface area contributed by atoms with Crippen molar-refractivity contribution in [1.82, 2.24) is 9.73 Å². The standard InChI is InChI=1S/C10H13FN4O2S2/c1-15(2)19(16,17)9-5-7(3-4-8(9)11)6-13-14-10(12)18/h3-6H,1-2H3,(H3,12,14,18). The van der Waals surface area contributed by atoms with Crippen LogP contribution in [0.15, 0.2) is 28.2 Å². The fourth-order valence-corrected chi connectivity index (χ4v) is 2.21. The van der Waals surface area contributed by atoms with E-state index in [0.717, 1.165) is 10.4 Å². The number of nitrogens with one attached hydrogen (secondary N) is 1. The van der Waals surface area contributed by atoms with Gasteiger partial charge in [-0.05, 0) is 29.9 Å². The Bertz CT molecular complexity index is 614. The molecule has 0 radical (unpaired) electrons. The molecular weight excluding hydrogens is 291 g/mol. The van der Waals surface area contributed by atoms with Crippen LogP contribution in [0.5, 0.6) is 0 Å². The first kappa shape index (κ1) is 15.5. The highest BCUT2D eigenvalue weighted by Gasteiger charge is 2.21. The molecule has 0 saturated carbocycles. The molecule has 0 fully saturated rings. The molecule has 1 aromatic carbocycles. The van der Waals surface area contributed by atoms with Crippen LogP contribution in [0.2, 0.25) is 0 Å². The molecule has 0 aromatic heterocycles. The van der Waals surface area contributed by atoms with Crippen molar-refractivity contribution in [1.29, 1.82) is 0 Å². The Kier molecular flexibility index (Phi) is 4.92. The summed E-state index contributed by atoms with van der Waals surface area (Å²) < 4.78 is 38.2. The van der Waals surface area contributed by atoms with Crippen molar-refractivity contribution in [3.63, 3.8) is 0 Å². The molecule has 104 valence electrons. The van der Waals surface area contributed by atoms with Crippen molar-refractivity contribution < 1.29 is 12.8 Å². The zero-order chi connectivity index (χ0) is 14.6. The predicted molar refractivity (Wildman–Crippen MR) is 74.8 cm³/mol. The molecule has 0 saturated heterocycles. The Morgan fingerprint density at radius 3 is 2.68 bits per heavy atom. The number of benzene rings is 1. The van der Waals surface area contributed by atoms with Gasteiger partial charge in [0.2, 0.25) is 10.0 Å². The molecule has 1 aromatic rings. The average Bonchev–Trinajstić information content (AvgIpc) is 2.30. The van der Waals surface area contributed by atoms with Gasteiger partial charge in [0.15, 0.2) is 5.11 Å². The second-order valence-corrected chi connectivity index (χ2v) is 6.27. The maximum atomic E-state index is 13.6. The van der Waals surface area contributed by atoms with Crippen LogP contribution in [0, 0.1) is 5.82 Å². The third-order valence-electron chi connectivity index (χ3n) is 2.10. The minimum absolute atomic E-state index is 0.0282. The highest BCUT2D eigenvalue weighted by molar-refractivity contribution is 7.89. The predicted octanol–water partition coefficient (Wildman–Crippen LogP) is 0.243. The van der Waals surface area contributed by atoms with Crippen LogP contribution in [0.4, 0.5) is 4.39 Å². The van der Waals surface area contributed by atoms with Gasteiger partial charge in [-0.25, -0.2) is 17.1 Å². The number of halogens is 1. The molecule has 0 heterocycles. The van der Waals surface area contributed by atoms with Gasteiger partial charge in [0.05, 0.1) is 6.21 Å². The fourth-order valence-electron chi connectivity index (χ4n) is 1.17. The lowest BCUT2D eigenvalue weighted by molar-refractivity contribution is 0.508. The first-order valence-corrected chi connectivity index (χ1v) is 6.90. The Hall–Kier alpha value is -1.58. The zero-order valence-electron chi connectivity index (χ0n) is 10.3. The fraction of sp³-hybridized carbons (Fsp3) is 0.200. The van der Waals surface area contributed by atoms with Crippen LogP contribution >= 0.6 is 12.2 Å². The first-order valence-electron chi connectivity index (χ1n) is 5.05. The van der Waals surface area contributed by atoms with Crippen LogP contribution in [0.3, 0.4) is 0 Å². The van der Waals surface area contributed by atoms with Gasteiger partial charge in [-0.2, -0.15) is 5.10 Å².